The largest absolute Gasteiger partial charge is 0.418 e. The minimum atomic E-state index is -4.72. The number of halogens is 4. The van der Waals surface area contributed by atoms with Gasteiger partial charge in [-0.25, -0.2) is 4.39 Å². The second-order valence-corrected chi connectivity index (χ2v) is 7.35. The summed E-state index contributed by atoms with van der Waals surface area (Å²) in [6.45, 7) is -0.840. The van der Waals surface area contributed by atoms with Gasteiger partial charge in [-0.1, -0.05) is 12.1 Å². The molecule has 0 aromatic heterocycles. The predicted molar refractivity (Wildman–Crippen MR) is 108 cm³/mol. The molecule has 0 aliphatic carbocycles. The van der Waals surface area contributed by atoms with Crippen LogP contribution in [0.4, 0.5) is 33.7 Å². The zero-order chi connectivity index (χ0) is 23.5. The molecule has 1 aliphatic rings. The average Bonchev–Trinajstić information content (AvgIpc) is 2.96. The van der Waals surface area contributed by atoms with E-state index in [1.807, 2.05) is 5.32 Å². The zero-order valence-corrected chi connectivity index (χ0v) is 16.7. The first kappa shape index (κ1) is 23.0. The number of benzene rings is 2. The molecule has 1 aliphatic heterocycles. The van der Waals surface area contributed by atoms with Crippen LogP contribution in [0.2, 0.25) is 0 Å². The molecule has 0 bridgehead atoms. The highest BCUT2D eigenvalue weighted by Gasteiger charge is 2.38. The molecule has 2 aromatic rings. The molecule has 3 rings (SSSR count). The predicted octanol–water partition coefficient (Wildman–Crippen LogP) is 4.00. The molecule has 1 heterocycles. The van der Waals surface area contributed by atoms with Crippen LogP contribution in [0.25, 0.3) is 0 Å². The van der Waals surface area contributed by atoms with Crippen LogP contribution in [0.3, 0.4) is 0 Å². The van der Waals surface area contributed by atoms with Gasteiger partial charge in [-0.2, -0.15) is 13.2 Å². The molecule has 7 nitrogen and oxygen atoms in total. The van der Waals surface area contributed by atoms with Crippen molar-refractivity contribution in [2.24, 2.45) is 0 Å². The minimum absolute atomic E-state index is 0.245. The fourth-order valence-corrected chi connectivity index (χ4v) is 3.45. The number of carbonyl (C=O) groups is 4. The Labute approximate surface area is 182 Å². The van der Waals surface area contributed by atoms with Crippen molar-refractivity contribution in [1.82, 2.24) is 4.90 Å². The number of anilines is 2. The maximum absolute atomic E-state index is 13.0. The number of amides is 4. The van der Waals surface area contributed by atoms with Crippen LogP contribution in [0.15, 0.2) is 59.5 Å². The second-order valence-electron chi connectivity index (χ2n) is 6.36. The van der Waals surface area contributed by atoms with E-state index < -0.39 is 52.7 Å². The summed E-state index contributed by atoms with van der Waals surface area (Å²) in [6.07, 6.45) is -3.88. The Bertz CT molecular complexity index is 1120. The number of rotatable bonds is 5. The molecule has 2 N–H and O–H groups in total. The fourth-order valence-electron chi connectivity index (χ4n) is 2.64. The van der Waals surface area contributed by atoms with Crippen molar-refractivity contribution in [2.75, 3.05) is 17.2 Å². The Morgan fingerprint density at radius 2 is 1.66 bits per heavy atom. The van der Waals surface area contributed by atoms with E-state index in [0.717, 1.165) is 36.4 Å². The van der Waals surface area contributed by atoms with Crippen molar-refractivity contribution in [3.05, 3.63) is 70.9 Å². The van der Waals surface area contributed by atoms with E-state index in [4.69, 9.17) is 0 Å². The summed E-state index contributed by atoms with van der Waals surface area (Å²) in [5.74, 6) is -3.26. The van der Waals surface area contributed by atoms with E-state index >= 15 is 0 Å². The summed E-state index contributed by atoms with van der Waals surface area (Å²) in [4.78, 5) is 48.9. The van der Waals surface area contributed by atoms with Gasteiger partial charge < -0.3 is 10.6 Å². The topological polar surface area (TPSA) is 95.6 Å². The van der Waals surface area contributed by atoms with Gasteiger partial charge in [0.05, 0.1) is 16.2 Å². The van der Waals surface area contributed by atoms with Gasteiger partial charge in [0.1, 0.15) is 12.4 Å². The maximum Gasteiger partial charge on any atom is 0.418 e. The van der Waals surface area contributed by atoms with Crippen LogP contribution in [0.5, 0.6) is 0 Å². The van der Waals surface area contributed by atoms with Gasteiger partial charge in [0.25, 0.3) is 11.1 Å². The third-order valence-electron chi connectivity index (χ3n) is 4.06. The molecule has 0 radical (unpaired) electrons. The molecule has 0 unspecified atom stereocenters. The van der Waals surface area contributed by atoms with Crippen LogP contribution in [0.1, 0.15) is 5.56 Å². The van der Waals surface area contributed by atoms with Crippen molar-refractivity contribution in [1.29, 1.82) is 0 Å². The lowest BCUT2D eigenvalue weighted by Crippen LogP contribution is -2.36. The van der Waals surface area contributed by atoms with E-state index in [2.05, 4.69) is 5.32 Å². The summed E-state index contributed by atoms with van der Waals surface area (Å²) in [5.41, 5.74) is -1.36. The van der Waals surface area contributed by atoms with E-state index in [0.29, 0.717) is 16.7 Å². The SMILES string of the molecule is O=C(/C=C1\SC(=O)N(CC(=O)Nc2ccccc2C(F)(F)F)C1=O)Nc1ccc(F)cc1. The summed E-state index contributed by atoms with van der Waals surface area (Å²) >= 11 is 0.397. The molecule has 1 saturated heterocycles. The smallest absolute Gasteiger partial charge is 0.324 e. The van der Waals surface area contributed by atoms with E-state index in [-0.39, 0.29) is 10.6 Å². The highest BCUT2D eigenvalue weighted by molar-refractivity contribution is 8.18. The summed E-state index contributed by atoms with van der Waals surface area (Å²) < 4.78 is 52.0. The van der Waals surface area contributed by atoms with Gasteiger partial charge in [0.2, 0.25) is 11.8 Å². The number of hydrogen-bond acceptors (Lipinski definition) is 5. The second kappa shape index (κ2) is 9.22. The van der Waals surface area contributed by atoms with Crippen LogP contribution in [-0.4, -0.2) is 34.4 Å². The number of nitrogens with one attached hydrogen (secondary N) is 2. The molecule has 0 spiro atoms. The van der Waals surface area contributed by atoms with Gasteiger partial charge in [-0.3, -0.25) is 24.1 Å². The minimum Gasteiger partial charge on any atom is -0.324 e. The molecule has 1 fully saturated rings. The molecule has 4 amide bonds. The number of hydrogen-bond donors (Lipinski definition) is 2. The van der Waals surface area contributed by atoms with Crippen molar-refractivity contribution >= 4 is 46.1 Å². The first-order chi connectivity index (χ1) is 15.0. The third kappa shape index (κ3) is 5.52. The standard InChI is InChI=1S/C20H13F4N3O4S/c21-11-5-7-12(8-6-11)25-16(28)9-15-18(30)27(19(31)32-15)10-17(29)26-14-4-2-1-3-13(14)20(22,23)24/h1-9H,10H2,(H,25,28)(H,26,29)/b15-9-. The highest BCUT2D eigenvalue weighted by atomic mass is 32.2. The molecule has 166 valence electrons. The molecule has 0 atom stereocenters. The molecule has 2 aromatic carbocycles. The number of nitrogens with zero attached hydrogens (tertiary/aromatic N) is 1. The third-order valence-corrected chi connectivity index (χ3v) is 4.96. The summed E-state index contributed by atoms with van der Waals surface area (Å²) in [6, 6.07) is 9.04. The van der Waals surface area contributed by atoms with Crippen LogP contribution in [0, 0.1) is 5.82 Å². The molecular weight excluding hydrogens is 454 g/mol. The Balaban J connectivity index is 1.66. The highest BCUT2D eigenvalue weighted by Crippen LogP contribution is 2.35. The quantitative estimate of drug-likeness (QED) is 0.512. The van der Waals surface area contributed by atoms with E-state index in [9.17, 15) is 36.7 Å². The lowest BCUT2D eigenvalue weighted by molar-refractivity contribution is -0.137. The lowest BCUT2D eigenvalue weighted by Gasteiger charge is -2.15. The number of para-hydroxylation sites is 1. The van der Waals surface area contributed by atoms with Crippen molar-refractivity contribution in [3.63, 3.8) is 0 Å². The van der Waals surface area contributed by atoms with E-state index in [1.165, 1.54) is 18.2 Å². The van der Waals surface area contributed by atoms with Crippen molar-refractivity contribution in [2.45, 2.75) is 6.18 Å². The number of imide groups is 1. The summed E-state index contributed by atoms with van der Waals surface area (Å²) in [7, 11) is 0. The van der Waals surface area contributed by atoms with Gasteiger partial charge >= 0.3 is 6.18 Å². The first-order valence-electron chi connectivity index (χ1n) is 8.82. The Kier molecular flexibility index (Phi) is 6.63. The number of alkyl halides is 3. The summed E-state index contributed by atoms with van der Waals surface area (Å²) in [5, 5.41) is 3.55. The van der Waals surface area contributed by atoms with Crippen LogP contribution >= 0.6 is 11.8 Å². The first-order valence-corrected chi connectivity index (χ1v) is 9.64. The molecule has 32 heavy (non-hydrogen) atoms. The van der Waals surface area contributed by atoms with Gasteiger partial charge in [0.15, 0.2) is 0 Å². The molecule has 0 saturated carbocycles. The maximum atomic E-state index is 13.0. The molecule has 12 heteroatoms. The Morgan fingerprint density at radius 1 is 1.00 bits per heavy atom. The average molecular weight is 467 g/mol. The van der Waals surface area contributed by atoms with Crippen LogP contribution < -0.4 is 10.6 Å². The normalized spacial score (nSPS) is 15.2. The Hall–Kier alpha value is -3.67. The molecular formula is C20H13F4N3O4S. The van der Waals surface area contributed by atoms with E-state index in [1.54, 1.807) is 0 Å². The van der Waals surface area contributed by atoms with Gasteiger partial charge in [-0.05, 0) is 48.2 Å². The zero-order valence-electron chi connectivity index (χ0n) is 15.9. The Morgan fingerprint density at radius 3 is 2.31 bits per heavy atom. The van der Waals surface area contributed by atoms with Crippen LogP contribution in [-0.2, 0) is 20.6 Å². The monoisotopic (exact) mass is 467 g/mol. The number of carbonyl (C=O) groups excluding carboxylic acids is 4. The van der Waals surface area contributed by atoms with Gasteiger partial charge in [-0.15, -0.1) is 0 Å². The fraction of sp³-hybridized carbons (Fsp3) is 0.100. The number of thioether (sulfide) groups is 1. The van der Waals surface area contributed by atoms with Gasteiger partial charge in [0, 0.05) is 11.8 Å². The lowest BCUT2D eigenvalue weighted by atomic mass is 10.1. The van der Waals surface area contributed by atoms with Crippen molar-refractivity contribution < 1.29 is 36.7 Å². The van der Waals surface area contributed by atoms with Crippen molar-refractivity contribution in [3.8, 4) is 0 Å².